The average molecular weight is 350 g/mol. The molecule has 0 saturated carbocycles. The first-order chi connectivity index (χ1) is 12.6. The van der Waals surface area contributed by atoms with Crippen molar-refractivity contribution in [3.8, 4) is 11.5 Å². The van der Waals surface area contributed by atoms with Gasteiger partial charge in [-0.25, -0.2) is 9.50 Å². The Morgan fingerprint density at radius 1 is 1.27 bits per heavy atom. The van der Waals surface area contributed by atoms with Gasteiger partial charge in [0.2, 0.25) is 0 Å². The Labute approximate surface area is 152 Å². The number of methoxy groups -OCH3 is 1. The van der Waals surface area contributed by atoms with Crippen LogP contribution in [0.5, 0.6) is 11.5 Å². The standard InChI is InChI=1S/C20H22N4O2/c1-12-7-20-21-10-15-16-5-4-14(9-17(15)24(20)22-12)23(16)11-13-3-6-19(26-2)18(25)8-13/h3,6-8,10,14,16,25H,4-5,9,11H2,1-2H3/t14-,16+/m0/s1. The predicted octanol–water partition coefficient (Wildman–Crippen LogP) is 3.01. The summed E-state index contributed by atoms with van der Waals surface area (Å²) in [5, 5.41) is 14.7. The quantitative estimate of drug-likeness (QED) is 0.787. The number of benzene rings is 1. The number of aromatic hydroxyl groups is 1. The molecular formula is C20H22N4O2. The summed E-state index contributed by atoms with van der Waals surface area (Å²) in [7, 11) is 1.57. The Kier molecular flexibility index (Phi) is 3.43. The number of hydrogen-bond acceptors (Lipinski definition) is 5. The average Bonchev–Trinajstić information content (AvgIpc) is 3.13. The summed E-state index contributed by atoms with van der Waals surface area (Å²) in [5.41, 5.74) is 5.66. The highest BCUT2D eigenvalue weighted by Crippen LogP contribution is 2.44. The monoisotopic (exact) mass is 350 g/mol. The van der Waals surface area contributed by atoms with E-state index in [1.807, 2.05) is 41.9 Å². The minimum absolute atomic E-state index is 0.199. The molecule has 2 aliphatic rings. The first kappa shape index (κ1) is 15.6. The smallest absolute Gasteiger partial charge is 0.160 e. The van der Waals surface area contributed by atoms with Gasteiger partial charge in [-0.2, -0.15) is 5.10 Å². The number of aromatic nitrogens is 3. The van der Waals surface area contributed by atoms with E-state index in [4.69, 9.17) is 4.74 Å². The number of ether oxygens (including phenoxy) is 1. The normalized spacial score (nSPS) is 21.9. The van der Waals surface area contributed by atoms with Crippen molar-refractivity contribution in [1.82, 2.24) is 19.5 Å². The van der Waals surface area contributed by atoms with E-state index in [-0.39, 0.29) is 5.75 Å². The maximum absolute atomic E-state index is 10.1. The van der Waals surface area contributed by atoms with Crippen molar-refractivity contribution in [2.24, 2.45) is 0 Å². The van der Waals surface area contributed by atoms with Crippen LogP contribution in [0.25, 0.3) is 5.65 Å². The van der Waals surface area contributed by atoms with Crippen molar-refractivity contribution < 1.29 is 9.84 Å². The number of hydrogen-bond donors (Lipinski definition) is 1. The summed E-state index contributed by atoms with van der Waals surface area (Å²) < 4.78 is 7.19. The van der Waals surface area contributed by atoms with Gasteiger partial charge in [-0.15, -0.1) is 0 Å². The maximum atomic E-state index is 10.1. The van der Waals surface area contributed by atoms with Gasteiger partial charge >= 0.3 is 0 Å². The molecule has 1 saturated heterocycles. The fourth-order valence-corrected chi connectivity index (χ4v) is 4.59. The van der Waals surface area contributed by atoms with E-state index < -0.39 is 0 Å². The molecule has 2 atom stereocenters. The van der Waals surface area contributed by atoms with Crippen molar-refractivity contribution >= 4 is 5.65 Å². The van der Waals surface area contributed by atoms with Crippen LogP contribution in [0.15, 0.2) is 30.5 Å². The molecule has 0 aliphatic carbocycles. The van der Waals surface area contributed by atoms with Crippen molar-refractivity contribution in [3.63, 3.8) is 0 Å². The number of phenols is 1. The molecule has 26 heavy (non-hydrogen) atoms. The molecule has 6 nitrogen and oxygen atoms in total. The molecule has 4 heterocycles. The van der Waals surface area contributed by atoms with Crippen molar-refractivity contribution in [2.75, 3.05) is 7.11 Å². The van der Waals surface area contributed by atoms with Gasteiger partial charge in [0.05, 0.1) is 18.5 Å². The van der Waals surface area contributed by atoms with Crippen molar-refractivity contribution in [2.45, 2.75) is 44.8 Å². The third-order valence-corrected chi connectivity index (χ3v) is 5.78. The van der Waals surface area contributed by atoms with Crippen LogP contribution in [0.3, 0.4) is 0 Å². The number of rotatable bonds is 3. The molecule has 5 rings (SSSR count). The highest BCUT2D eigenvalue weighted by atomic mass is 16.5. The van der Waals surface area contributed by atoms with Crippen LogP contribution in [0.2, 0.25) is 0 Å². The van der Waals surface area contributed by atoms with Gasteiger partial charge in [0, 0.05) is 42.9 Å². The topological polar surface area (TPSA) is 62.9 Å². The minimum atomic E-state index is 0.199. The van der Waals surface area contributed by atoms with E-state index >= 15 is 0 Å². The van der Waals surface area contributed by atoms with E-state index in [0.717, 1.165) is 36.3 Å². The Morgan fingerprint density at radius 2 is 2.15 bits per heavy atom. The second-order valence-electron chi connectivity index (χ2n) is 7.35. The third kappa shape index (κ3) is 2.29. The van der Waals surface area contributed by atoms with Crippen LogP contribution >= 0.6 is 0 Å². The molecule has 0 spiro atoms. The Hall–Kier alpha value is -2.60. The molecule has 0 amide bonds. The Bertz CT molecular complexity index is 997. The molecule has 6 heteroatoms. The van der Waals surface area contributed by atoms with Crippen LogP contribution in [0.4, 0.5) is 0 Å². The van der Waals surface area contributed by atoms with Crippen LogP contribution in [0.1, 0.15) is 41.4 Å². The summed E-state index contributed by atoms with van der Waals surface area (Å²) in [6, 6.07) is 8.59. The summed E-state index contributed by atoms with van der Waals surface area (Å²) in [6.07, 6.45) is 5.36. The number of aryl methyl sites for hydroxylation is 1. The van der Waals surface area contributed by atoms with Gasteiger partial charge in [-0.3, -0.25) is 4.90 Å². The van der Waals surface area contributed by atoms with E-state index in [0.29, 0.717) is 17.8 Å². The van der Waals surface area contributed by atoms with Gasteiger partial charge in [0.1, 0.15) is 0 Å². The highest BCUT2D eigenvalue weighted by Gasteiger charge is 2.41. The number of nitrogens with zero attached hydrogens (tertiary/aromatic N) is 4. The second kappa shape index (κ2) is 5.71. The molecule has 0 unspecified atom stereocenters. The van der Waals surface area contributed by atoms with Gasteiger partial charge in [0.25, 0.3) is 0 Å². The molecule has 2 aliphatic heterocycles. The largest absolute Gasteiger partial charge is 0.504 e. The molecule has 3 aromatic rings. The van der Waals surface area contributed by atoms with Crippen LogP contribution < -0.4 is 4.74 Å². The maximum Gasteiger partial charge on any atom is 0.160 e. The zero-order chi connectivity index (χ0) is 17.8. The second-order valence-corrected chi connectivity index (χ2v) is 7.35. The van der Waals surface area contributed by atoms with Crippen molar-refractivity contribution in [1.29, 1.82) is 0 Å². The fourth-order valence-electron chi connectivity index (χ4n) is 4.59. The molecule has 1 N–H and O–H groups in total. The Balaban J connectivity index is 1.49. The lowest BCUT2D eigenvalue weighted by atomic mass is 9.98. The zero-order valence-electron chi connectivity index (χ0n) is 15.0. The van der Waals surface area contributed by atoms with Crippen molar-refractivity contribution in [3.05, 3.63) is 53.0 Å². The molecule has 134 valence electrons. The lowest BCUT2D eigenvalue weighted by Gasteiger charge is -2.36. The predicted molar refractivity (Wildman–Crippen MR) is 97.4 cm³/mol. The van der Waals surface area contributed by atoms with Gasteiger partial charge in [-0.05, 0) is 37.5 Å². The molecule has 2 aromatic heterocycles. The first-order valence-corrected chi connectivity index (χ1v) is 9.10. The summed E-state index contributed by atoms with van der Waals surface area (Å²) in [5.74, 6) is 0.714. The molecular weight excluding hydrogens is 328 g/mol. The lowest BCUT2D eigenvalue weighted by molar-refractivity contribution is 0.165. The SMILES string of the molecule is COc1ccc(CN2[C@H]3CC[C@@H]2c2cnc4cc(C)nn4c2C3)cc1O. The number of fused-ring (bicyclic) bond motifs is 6. The summed E-state index contributed by atoms with van der Waals surface area (Å²) in [6.45, 7) is 2.84. The molecule has 2 bridgehead atoms. The van der Waals surface area contributed by atoms with Crippen LogP contribution in [0, 0.1) is 6.92 Å². The van der Waals surface area contributed by atoms with Gasteiger partial charge in [0.15, 0.2) is 17.1 Å². The minimum Gasteiger partial charge on any atom is -0.504 e. The Morgan fingerprint density at radius 3 is 2.96 bits per heavy atom. The van der Waals surface area contributed by atoms with E-state index in [1.165, 1.54) is 17.7 Å². The van der Waals surface area contributed by atoms with E-state index in [1.54, 1.807) is 7.11 Å². The lowest BCUT2D eigenvalue weighted by Crippen LogP contribution is -2.38. The van der Waals surface area contributed by atoms with Crippen LogP contribution in [-0.2, 0) is 13.0 Å². The van der Waals surface area contributed by atoms with Crippen LogP contribution in [-0.4, -0.2) is 37.8 Å². The molecule has 1 fully saturated rings. The first-order valence-electron chi connectivity index (χ1n) is 9.10. The van der Waals surface area contributed by atoms with Gasteiger partial charge in [-0.1, -0.05) is 6.07 Å². The third-order valence-electron chi connectivity index (χ3n) is 5.78. The van der Waals surface area contributed by atoms with E-state index in [2.05, 4.69) is 15.0 Å². The molecule has 1 aromatic carbocycles. The highest BCUT2D eigenvalue weighted by molar-refractivity contribution is 5.45. The molecule has 0 radical (unpaired) electrons. The zero-order valence-corrected chi connectivity index (χ0v) is 15.0. The van der Waals surface area contributed by atoms with Gasteiger partial charge < -0.3 is 9.84 Å². The summed E-state index contributed by atoms with van der Waals surface area (Å²) in [4.78, 5) is 7.18. The summed E-state index contributed by atoms with van der Waals surface area (Å²) >= 11 is 0. The fraction of sp³-hybridized carbons (Fsp3) is 0.400. The number of phenolic OH excluding ortho intramolecular Hbond substituents is 1. The van der Waals surface area contributed by atoms with E-state index in [9.17, 15) is 5.11 Å².